The summed E-state index contributed by atoms with van der Waals surface area (Å²) >= 11 is 0. The van der Waals surface area contributed by atoms with E-state index >= 15 is 0 Å². The molecule has 3 aromatic rings. The first-order chi connectivity index (χ1) is 12.5. The Hall–Kier alpha value is -3.35. The quantitative estimate of drug-likeness (QED) is 0.677. The number of nitrogens with two attached hydrogens (primary N) is 1. The Morgan fingerprint density at radius 2 is 1.54 bits per heavy atom. The van der Waals surface area contributed by atoms with Gasteiger partial charge in [0, 0.05) is 10.9 Å². The van der Waals surface area contributed by atoms with E-state index in [-0.39, 0.29) is 11.4 Å². The fourth-order valence-electron chi connectivity index (χ4n) is 2.79. The molecule has 1 heterocycles. The molecule has 0 amide bonds. The summed E-state index contributed by atoms with van der Waals surface area (Å²) in [5.74, 6) is 1.24. The maximum atomic E-state index is 13.0. The Kier molecular flexibility index (Phi) is 4.62. The third-order valence-corrected chi connectivity index (χ3v) is 4.07. The number of furan rings is 1. The highest BCUT2D eigenvalue weighted by atomic mass is 16.5. The van der Waals surface area contributed by atoms with Crippen molar-refractivity contribution in [2.45, 2.75) is 0 Å². The summed E-state index contributed by atoms with van der Waals surface area (Å²) < 4.78 is 26.9. The molecule has 7 heteroatoms. The average Bonchev–Trinajstić information content (AvgIpc) is 3.02. The van der Waals surface area contributed by atoms with Gasteiger partial charge in [-0.05, 0) is 24.3 Å². The first-order valence-electron chi connectivity index (χ1n) is 7.75. The van der Waals surface area contributed by atoms with Crippen molar-refractivity contribution < 1.29 is 28.2 Å². The van der Waals surface area contributed by atoms with Gasteiger partial charge >= 0.3 is 0 Å². The SMILES string of the molecule is COc1cc(C(=O)c2oc3c(OC)cccc3c2N)cc(OC)c1OC. The minimum atomic E-state index is -0.403. The third-order valence-electron chi connectivity index (χ3n) is 4.07. The molecule has 0 unspecified atom stereocenters. The number of benzene rings is 2. The molecule has 1 aromatic heterocycles. The third kappa shape index (κ3) is 2.67. The maximum Gasteiger partial charge on any atom is 0.230 e. The number of fused-ring (bicyclic) bond motifs is 1. The van der Waals surface area contributed by atoms with Gasteiger partial charge in [-0.15, -0.1) is 0 Å². The molecule has 3 rings (SSSR count). The smallest absolute Gasteiger partial charge is 0.230 e. The van der Waals surface area contributed by atoms with Crippen molar-refractivity contribution in [3.63, 3.8) is 0 Å². The molecule has 2 aromatic carbocycles. The minimum absolute atomic E-state index is 0.0266. The van der Waals surface area contributed by atoms with E-state index in [2.05, 4.69) is 0 Å². The van der Waals surface area contributed by atoms with Crippen LogP contribution in [0.5, 0.6) is 23.0 Å². The van der Waals surface area contributed by atoms with Gasteiger partial charge in [0.1, 0.15) is 0 Å². The lowest BCUT2D eigenvalue weighted by Gasteiger charge is -2.13. The van der Waals surface area contributed by atoms with E-state index in [1.807, 2.05) is 0 Å². The zero-order chi connectivity index (χ0) is 18.8. The molecule has 7 nitrogen and oxygen atoms in total. The Morgan fingerprint density at radius 1 is 0.923 bits per heavy atom. The molecule has 0 fully saturated rings. The first kappa shape index (κ1) is 17.5. The van der Waals surface area contributed by atoms with Crippen molar-refractivity contribution in [1.29, 1.82) is 0 Å². The van der Waals surface area contributed by atoms with Gasteiger partial charge < -0.3 is 29.1 Å². The Bertz CT molecular complexity index is 951. The number of ether oxygens (including phenoxy) is 4. The zero-order valence-corrected chi connectivity index (χ0v) is 14.9. The molecule has 0 aliphatic carbocycles. The lowest BCUT2D eigenvalue weighted by Crippen LogP contribution is -2.05. The van der Waals surface area contributed by atoms with Crippen LogP contribution in [0.3, 0.4) is 0 Å². The highest BCUT2D eigenvalue weighted by Gasteiger charge is 2.24. The lowest BCUT2D eigenvalue weighted by atomic mass is 10.1. The molecule has 0 aliphatic heterocycles. The van der Waals surface area contributed by atoms with Gasteiger partial charge in [-0.2, -0.15) is 0 Å². The number of hydrogen-bond acceptors (Lipinski definition) is 7. The summed E-state index contributed by atoms with van der Waals surface area (Å²) in [6, 6.07) is 8.38. The summed E-state index contributed by atoms with van der Waals surface area (Å²) in [5.41, 5.74) is 7.10. The summed E-state index contributed by atoms with van der Waals surface area (Å²) in [6.45, 7) is 0. The van der Waals surface area contributed by atoms with E-state index in [1.165, 1.54) is 28.4 Å². The second-order valence-corrected chi connectivity index (χ2v) is 5.42. The molecule has 2 N–H and O–H groups in total. The molecule has 26 heavy (non-hydrogen) atoms. The van der Waals surface area contributed by atoms with E-state index in [9.17, 15) is 4.79 Å². The van der Waals surface area contributed by atoms with Gasteiger partial charge in [0.15, 0.2) is 28.6 Å². The van der Waals surface area contributed by atoms with Crippen molar-refractivity contribution >= 4 is 22.4 Å². The van der Waals surface area contributed by atoms with Crippen LogP contribution >= 0.6 is 0 Å². The second-order valence-electron chi connectivity index (χ2n) is 5.42. The van der Waals surface area contributed by atoms with Crippen LogP contribution in [0.2, 0.25) is 0 Å². The van der Waals surface area contributed by atoms with Crippen molar-refractivity contribution in [1.82, 2.24) is 0 Å². The number of anilines is 1. The number of para-hydroxylation sites is 1. The Balaban J connectivity index is 2.16. The number of rotatable bonds is 6. The van der Waals surface area contributed by atoms with Crippen LogP contribution in [-0.4, -0.2) is 34.2 Å². The maximum absolute atomic E-state index is 13.0. The molecule has 0 atom stereocenters. The van der Waals surface area contributed by atoms with Crippen molar-refractivity contribution in [3.8, 4) is 23.0 Å². The molecular formula is C19H19NO6. The van der Waals surface area contributed by atoms with Crippen molar-refractivity contribution in [3.05, 3.63) is 41.7 Å². The van der Waals surface area contributed by atoms with Crippen LogP contribution in [0.4, 0.5) is 5.69 Å². The van der Waals surface area contributed by atoms with E-state index in [0.717, 1.165) is 0 Å². The number of carbonyl (C=O) groups excluding carboxylic acids is 1. The van der Waals surface area contributed by atoms with Gasteiger partial charge in [-0.3, -0.25) is 4.79 Å². The Morgan fingerprint density at radius 3 is 2.08 bits per heavy atom. The summed E-state index contributed by atoms with van der Waals surface area (Å²) in [4.78, 5) is 13.0. The van der Waals surface area contributed by atoms with E-state index in [0.29, 0.717) is 39.5 Å². The summed E-state index contributed by atoms with van der Waals surface area (Å²) in [5, 5.41) is 0.611. The van der Waals surface area contributed by atoms with Crippen molar-refractivity contribution in [2.24, 2.45) is 0 Å². The van der Waals surface area contributed by atoms with Gasteiger partial charge in [-0.25, -0.2) is 0 Å². The number of carbonyl (C=O) groups is 1. The monoisotopic (exact) mass is 357 g/mol. The number of methoxy groups -OCH3 is 4. The minimum Gasteiger partial charge on any atom is -0.493 e. The molecule has 0 spiro atoms. The second kappa shape index (κ2) is 6.87. The van der Waals surface area contributed by atoms with Crippen LogP contribution < -0.4 is 24.7 Å². The zero-order valence-electron chi connectivity index (χ0n) is 14.9. The van der Waals surface area contributed by atoms with Gasteiger partial charge in [0.25, 0.3) is 0 Å². The first-order valence-corrected chi connectivity index (χ1v) is 7.75. The van der Waals surface area contributed by atoms with Gasteiger partial charge in [-0.1, -0.05) is 6.07 Å². The fraction of sp³-hybridized carbons (Fsp3) is 0.211. The highest BCUT2D eigenvalue weighted by Crippen LogP contribution is 2.40. The van der Waals surface area contributed by atoms with Crippen LogP contribution in [0, 0.1) is 0 Å². The molecule has 0 bridgehead atoms. The van der Waals surface area contributed by atoms with Crippen LogP contribution in [0.1, 0.15) is 16.1 Å². The fourth-order valence-corrected chi connectivity index (χ4v) is 2.79. The number of hydrogen-bond donors (Lipinski definition) is 1. The molecule has 0 saturated heterocycles. The molecule has 0 radical (unpaired) electrons. The average molecular weight is 357 g/mol. The Labute approximate surface area is 150 Å². The van der Waals surface area contributed by atoms with Crippen LogP contribution in [-0.2, 0) is 0 Å². The van der Waals surface area contributed by atoms with E-state index in [4.69, 9.17) is 29.1 Å². The predicted molar refractivity (Wildman–Crippen MR) is 96.7 cm³/mol. The number of nitrogen functional groups attached to an aromatic ring is 1. The van der Waals surface area contributed by atoms with Gasteiger partial charge in [0.2, 0.25) is 11.5 Å². The van der Waals surface area contributed by atoms with Crippen LogP contribution in [0.25, 0.3) is 11.0 Å². The largest absolute Gasteiger partial charge is 0.493 e. The van der Waals surface area contributed by atoms with E-state index < -0.39 is 5.78 Å². The van der Waals surface area contributed by atoms with Crippen molar-refractivity contribution in [2.75, 3.05) is 34.2 Å². The van der Waals surface area contributed by atoms with Gasteiger partial charge in [0.05, 0.1) is 34.1 Å². The lowest BCUT2D eigenvalue weighted by molar-refractivity contribution is 0.101. The standard InChI is InChI=1S/C19H19NO6/c1-22-12-7-5-6-11-15(20)19(26-17(11)12)16(21)10-8-13(23-2)18(25-4)14(9-10)24-3/h5-9H,20H2,1-4H3. The molecule has 136 valence electrons. The summed E-state index contributed by atoms with van der Waals surface area (Å²) in [7, 11) is 5.97. The topological polar surface area (TPSA) is 93.2 Å². The molecular weight excluding hydrogens is 338 g/mol. The normalized spacial score (nSPS) is 10.6. The highest BCUT2D eigenvalue weighted by molar-refractivity contribution is 6.15. The van der Waals surface area contributed by atoms with E-state index in [1.54, 1.807) is 30.3 Å². The predicted octanol–water partition coefficient (Wildman–Crippen LogP) is 3.28. The molecule has 0 aliphatic rings. The molecule has 0 saturated carbocycles. The summed E-state index contributed by atoms with van der Waals surface area (Å²) in [6.07, 6.45) is 0. The van der Waals surface area contributed by atoms with Crippen LogP contribution in [0.15, 0.2) is 34.7 Å². The number of ketones is 1.